The molecule has 0 saturated carbocycles. The number of aliphatic carboxylic acids is 1. The van der Waals surface area contributed by atoms with Crippen molar-refractivity contribution in [2.75, 3.05) is 25.1 Å². The van der Waals surface area contributed by atoms with E-state index < -0.39 is 12.0 Å². The van der Waals surface area contributed by atoms with E-state index in [9.17, 15) is 9.59 Å². The molecule has 0 bridgehead atoms. The molecule has 1 fully saturated rings. The van der Waals surface area contributed by atoms with Crippen LogP contribution in [0.5, 0.6) is 0 Å². The number of aromatic nitrogens is 2. The number of aryl methyl sites for hydroxylation is 1. The number of amides is 2. The molecule has 19 heavy (non-hydrogen) atoms. The van der Waals surface area contributed by atoms with Crippen LogP contribution in [0, 0.1) is 0 Å². The zero-order valence-corrected chi connectivity index (χ0v) is 10.6. The Morgan fingerprint density at radius 2 is 2.42 bits per heavy atom. The number of hydrogen-bond donors (Lipinski definition) is 2. The number of morpholine rings is 1. The molecule has 8 nitrogen and oxygen atoms in total. The highest BCUT2D eigenvalue weighted by atomic mass is 16.5. The van der Waals surface area contributed by atoms with Gasteiger partial charge in [-0.15, -0.1) is 0 Å². The first-order valence-electron chi connectivity index (χ1n) is 5.93. The van der Waals surface area contributed by atoms with Crippen LogP contribution < -0.4 is 5.32 Å². The lowest BCUT2D eigenvalue weighted by molar-refractivity contribution is -0.139. The molecule has 1 saturated heterocycles. The number of nitrogens with one attached hydrogen (secondary N) is 1. The summed E-state index contributed by atoms with van der Waals surface area (Å²) in [7, 11) is 1.75. The first kappa shape index (κ1) is 13.3. The molecule has 0 aromatic carbocycles. The Hall–Kier alpha value is -2.09. The van der Waals surface area contributed by atoms with Crippen molar-refractivity contribution < 1.29 is 19.4 Å². The first-order valence-corrected chi connectivity index (χ1v) is 5.93. The summed E-state index contributed by atoms with van der Waals surface area (Å²) in [6.07, 6.45) is 1.58. The number of nitrogens with zero attached hydrogens (tertiary/aromatic N) is 3. The molecule has 2 amide bonds. The van der Waals surface area contributed by atoms with Gasteiger partial charge in [-0.1, -0.05) is 0 Å². The Morgan fingerprint density at radius 3 is 3.05 bits per heavy atom. The lowest BCUT2D eigenvalue weighted by atomic mass is 10.1. The molecule has 1 aliphatic heterocycles. The van der Waals surface area contributed by atoms with E-state index in [1.54, 1.807) is 24.0 Å². The van der Waals surface area contributed by atoms with Crippen LogP contribution in [0.15, 0.2) is 12.3 Å². The minimum absolute atomic E-state index is 0.129. The normalized spacial score (nSPS) is 19.2. The SMILES string of the molecule is Cn1ccc(NC(=O)N2CCOCC2CC(=O)O)n1. The molecule has 0 spiro atoms. The number of carboxylic acids is 1. The number of hydrogen-bond acceptors (Lipinski definition) is 4. The van der Waals surface area contributed by atoms with Gasteiger partial charge in [0.05, 0.1) is 25.7 Å². The molecule has 1 aromatic rings. The summed E-state index contributed by atoms with van der Waals surface area (Å²) in [5.74, 6) is -0.515. The van der Waals surface area contributed by atoms with E-state index in [1.807, 2.05) is 0 Å². The van der Waals surface area contributed by atoms with Crippen LogP contribution in [0.2, 0.25) is 0 Å². The number of urea groups is 1. The maximum absolute atomic E-state index is 12.1. The molecule has 1 aromatic heterocycles. The number of carbonyl (C=O) groups is 2. The molecule has 2 heterocycles. The van der Waals surface area contributed by atoms with E-state index in [1.165, 1.54) is 4.90 Å². The summed E-state index contributed by atoms with van der Waals surface area (Å²) in [5.41, 5.74) is 0. The Labute approximate surface area is 109 Å². The maximum Gasteiger partial charge on any atom is 0.323 e. The second kappa shape index (κ2) is 5.70. The van der Waals surface area contributed by atoms with Crippen LogP contribution in [-0.4, -0.2) is 57.6 Å². The quantitative estimate of drug-likeness (QED) is 0.812. The summed E-state index contributed by atoms with van der Waals surface area (Å²) >= 11 is 0. The average molecular weight is 268 g/mol. The van der Waals surface area contributed by atoms with E-state index in [0.717, 1.165) is 0 Å². The Balaban J connectivity index is 2.00. The van der Waals surface area contributed by atoms with Crippen molar-refractivity contribution in [1.82, 2.24) is 14.7 Å². The van der Waals surface area contributed by atoms with Gasteiger partial charge in [0.2, 0.25) is 0 Å². The van der Waals surface area contributed by atoms with Crippen LogP contribution in [0.4, 0.5) is 10.6 Å². The molecule has 8 heteroatoms. The molecule has 0 radical (unpaired) electrons. The van der Waals surface area contributed by atoms with Crippen LogP contribution in [-0.2, 0) is 16.6 Å². The summed E-state index contributed by atoms with van der Waals surface area (Å²) < 4.78 is 6.79. The Bertz CT molecular complexity index is 473. The largest absolute Gasteiger partial charge is 0.481 e. The van der Waals surface area contributed by atoms with Gasteiger partial charge in [0.15, 0.2) is 5.82 Å². The number of rotatable bonds is 3. The summed E-state index contributed by atoms with van der Waals surface area (Å²) in [4.78, 5) is 24.3. The van der Waals surface area contributed by atoms with Crippen LogP contribution in [0.3, 0.4) is 0 Å². The van der Waals surface area contributed by atoms with Crippen molar-refractivity contribution in [2.24, 2.45) is 7.05 Å². The highest BCUT2D eigenvalue weighted by molar-refractivity contribution is 5.88. The van der Waals surface area contributed by atoms with E-state index in [0.29, 0.717) is 19.0 Å². The van der Waals surface area contributed by atoms with E-state index >= 15 is 0 Å². The van der Waals surface area contributed by atoms with Gasteiger partial charge < -0.3 is 14.7 Å². The highest BCUT2D eigenvalue weighted by Crippen LogP contribution is 2.13. The molecule has 2 N–H and O–H groups in total. The lowest BCUT2D eigenvalue weighted by Gasteiger charge is -2.34. The van der Waals surface area contributed by atoms with Crippen LogP contribution in [0.25, 0.3) is 0 Å². The third-order valence-electron chi connectivity index (χ3n) is 2.85. The Morgan fingerprint density at radius 1 is 1.63 bits per heavy atom. The minimum atomic E-state index is -0.953. The molecule has 1 unspecified atom stereocenters. The second-order valence-electron chi connectivity index (χ2n) is 4.32. The predicted molar refractivity (Wildman–Crippen MR) is 65.8 cm³/mol. The van der Waals surface area contributed by atoms with E-state index in [2.05, 4.69) is 10.4 Å². The minimum Gasteiger partial charge on any atom is -0.481 e. The predicted octanol–water partition coefficient (Wildman–Crippen LogP) is 0.127. The maximum atomic E-state index is 12.1. The fourth-order valence-corrected chi connectivity index (χ4v) is 1.96. The van der Waals surface area contributed by atoms with Crippen molar-refractivity contribution in [3.8, 4) is 0 Å². The van der Waals surface area contributed by atoms with E-state index in [4.69, 9.17) is 9.84 Å². The summed E-state index contributed by atoms with van der Waals surface area (Å²) in [6.45, 7) is 1.02. The van der Waals surface area contributed by atoms with Gasteiger partial charge >= 0.3 is 12.0 Å². The third kappa shape index (κ3) is 3.44. The highest BCUT2D eigenvalue weighted by Gasteiger charge is 2.29. The van der Waals surface area contributed by atoms with Crippen molar-refractivity contribution in [2.45, 2.75) is 12.5 Å². The van der Waals surface area contributed by atoms with Gasteiger partial charge in [-0.25, -0.2) is 4.79 Å². The fraction of sp³-hybridized carbons (Fsp3) is 0.545. The van der Waals surface area contributed by atoms with Crippen molar-refractivity contribution in [3.63, 3.8) is 0 Å². The van der Waals surface area contributed by atoms with Gasteiger partial charge in [-0.05, 0) is 0 Å². The van der Waals surface area contributed by atoms with Gasteiger partial charge in [0.1, 0.15) is 0 Å². The van der Waals surface area contributed by atoms with Crippen LogP contribution >= 0.6 is 0 Å². The number of ether oxygens (including phenoxy) is 1. The smallest absolute Gasteiger partial charge is 0.323 e. The third-order valence-corrected chi connectivity index (χ3v) is 2.85. The number of anilines is 1. The standard InChI is InChI=1S/C11H16N4O4/c1-14-3-2-9(13-14)12-11(18)15-4-5-19-7-8(15)6-10(16)17/h2-3,8H,4-7H2,1H3,(H,16,17)(H,12,13,18). The fourth-order valence-electron chi connectivity index (χ4n) is 1.96. The van der Waals surface area contributed by atoms with Crippen molar-refractivity contribution >= 4 is 17.8 Å². The van der Waals surface area contributed by atoms with Gasteiger partial charge in [0.25, 0.3) is 0 Å². The summed E-state index contributed by atoms with van der Waals surface area (Å²) in [6, 6.07) is 0.869. The zero-order valence-electron chi connectivity index (χ0n) is 10.6. The van der Waals surface area contributed by atoms with E-state index in [-0.39, 0.29) is 19.1 Å². The summed E-state index contributed by atoms with van der Waals surface area (Å²) in [5, 5.41) is 15.5. The van der Waals surface area contributed by atoms with Gasteiger partial charge in [-0.2, -0.15) is 5.10 Å². The number of carboxylic acid groups (broad SMARTS) is 1. The molecule has 2 rings (SSSR count). The van der Waals surface area contributed by atoms with Crippen molar-refractivity contribution in [1.29, 1.82) is 0 Å². The Kier molecular flexibility index (Phi) is 4.00. The monoisotopic (exact) mass is 268 g/mol. The molecular weight excluding hydrogens is 252 g/mol. The molecule has 1 atom stereocenters. The molecule has 1 aliphatic rings. The molecular formula is C11H16N4O4. The van der Waals surface area contributed by atoms with Crippen LogP contribution in [0.1, 0.15) is 6.42 Å². The zero-order chi connectivity index (χ0) is 13.8. The van der Waals surface area contributed by atoms with Crippen molar-refractivity contribution in [3.05, 3.63) is 12.3 Å². The first-order chi connectivity index (χ1) is 9.06. The molecule has 0 aliphatic carbocycles. The van der Waals surface area contributed by atoms with Gasteiger partial charge in [-0.3, -0.25) is 14.8 Å². The second-order valence-corrected chi connectivity index (χ2v) is 4.32. The topological polar surface area (TPSA) is 96.7 Å². The molecule has 104 valence electrons. The lowest BCUT2D eigenvalue weighted by Crippen LogP contribution is -2.51. The number of carbonyl (C=O) groups excluding carboxylic acids is 1. The van der Waals surface area contributed by atoms with Gasteiger partial charge in [0, 0.05) is 25.9 Å². The average Bonchev–Trinajstić information content (AvgIpc) is 2.74.